The Morgan fingerprint density at radius 1 is 1.29 bits per heavy atom. The van der Waals surface area contributed by atoms with Crippen molar-refractivity contribution < 1.29 is 4.79 Å². The highest BCUT2D eigenvalue weighted by molar-refractivity contribution is 5.48. The van der Waals surface area contributed by atoms with Gasteiger partial charge in [0.2, 0.25) is 6.41 Å². The van der Waals surface area contributed by atoms with E-state index in [0.29, 0.717) is 5.92 Å². The van der Waals surface area contributed by atoms with Crippen LogP contribution >= 0.6 is 0 Å². The molecule has 0 saturated carbocycles. The van der Waals surface area contributed by atoms with Gasteiger partial charge in [0.1, 0.15) is 0 Å². The molecule has 0 aromatic heterocycles. The van der Waals surface area contributed by atoms with Gasteiger partial charge in [-0.2, -0.15) is 0 Å². The summed E-state index contributed by atoms with van der Waals surface area (Å²) in [5, 5.41) is 0. The van der Waals surface area contributed by atoms with Crippen LogP contribution in [0.1, 0.15) is 18.4 Å². The van der Waals surface area contributed by atoms with Gasteiger partial charge >= 0.3 is 0 Å². The Morgan fingerprint density at radius 2 is 1.93 bits per heavy atom. The van der Waals surface area contributed by atoms with Crippen LogP contribution in [0.15, 0.2) is 42.6 Å². The zero-order chi connectivity index (χ0) is 10.4. The van der Waals surface area contributed by atoms with Gasteiger partial charge < -0.3 is 4.90 Å². The molecule has 0 spiro atoms. The maximum atomic E-state index is 10.3. The van der Waals surface area contributed by atoms with E-state index < -0.39 is 0 Å². The monoisotopic (exact) mass is 189 g/mol. The minimum Gasteiger partial charge on any atom is -0.325 e. The number of allylic oxidation sites excluding steroid dienone is 1. The number of amides is 1. The zero-order valence-electron chi connectivity index (χ0n) is 8.55. The largest absolute Gasteiger partial charge is 0.325 e. The van der Waals surface area contributed by atoms with E-state index in [9.17, 15) is 4.79 Å². The number of benzene rings is 1. The van der Waals surface area contributed by atoms with Crippen molar-refractivity contribution in [1.82, 2.24) is 4.90 Å². The average molecular weight is 189 g/mol. The van der Waals surface area contributed by atoms with Crippen molar-refractivity contribution in [1.29, 1.82) is 0 Å². The summed E-state index contributed by atoms with van der Waals surface area (Å²) in [6, 6.07) is 10.2. The first kappa shape index (κ1) is 10.5. The highest BCUT2D eigenvalue weighted by Gasteiger charge is 1.99. The van der Waals surface area contributed by atoms with Crippen molar-refractivity contribution in [2.45, 2.75) is 12.8 Å². The van der Waals surface area contributed by atoms with Crippen molar-refractivity contribution in [3.05, 3.63) is 48.2 Å². The van der Waals surface area contributed by atoms with Crippen molar-refractivity contribution >= 4 is 6.41 Å². The van der Waals surface area contributed by atoms with Crippen molar-refractivity contribution in [2.24, 2.45) is 0 Å². The lowest BCUT2D eigenvalue weighted by Gasteiger charge is -2.08. The highest BCUT2D eigenvalue weighted by Crippen LogP contribution is 2.15. The molecule has 0 aliphatic carbocycles. The molecule has 0 saturated heterocycles. The molecular weight excluding hydrogens is 174 g/mol. The van der Waals surface area contributed by atoms with Gasteiger partial charge in [0.25, 0.3) is 0 Å². The van der Waals surface area contributed by atoms with Crippen molar-refractivity contribution in [2.75, 3.05) is 7.05 Å². The number of rotatable bonds is 4. The lowest BCUT2D eigenvalue weighted by molar-refractivity contribution is -0.115. The second-order valence-corrected chi connectivity index (χ2v) is 3.31. The Hall–Kier alpha value is -1.57. The first-order valence-corrected chi connectivity index (χ1v) is 4.64. The van der Waals surface area contributed by atoms with Crippen LogP contribution in [0, 0.1) is 0 Å². The lowest BCUT2D eigenvalue weighted by Crippen LogP contribution is -2.06. The van der Waals surface area contributed by atoms with Crippen LogP contribution in [-0.2, 0) is 4.79 Å². The molecule has 1 rings (SSSR count). The minimum atomic E-state index is 0.332. The van der Waals surface area contributed by atoms with E-state index in [2.05, 4.69) is 19.1 Å². The van der Waals surface area contributed by atoms with Gasteiger partial charge in [-0.25, -0.2) is 0 Å². The molecule has 14 heavy (non-hydrogen) atoms. The quantitative estimate of drug-likeness (QED) is 0.666. The molecule has 1 aromatic carbocycles. The normalized spacial score (nSPS) is 12.7. The third kappa shape index (κ3) is 3.05. The van der Waals surface area contributed by atoms with Gasteiger partial charge in [0.05, 0.1) is 0 Å². The van der Waals surface area contributed by atoms with E-state index in [-0.39, 0.29) is 0 Å². The summed E-state index contributed by atoms with van der Waals surface area (Å²) in [5.41, 5.74) is 1.25. The van der Waals surface area contributed by atoms with Gasteiger partial charge in [-0.3, -0.25) is 4.79 Å². The Morgan fingerprint density at radius 3 is 2.50 bits per heavy atom. The molecule has 0 bridgehead atoms. The number of carbonyl (C=O) groups excluding carboxylic acids is 1. The fourth-order valence-electron chi connectivity index (χ4n) is 1.17. The van der Waals surface area contributed by atoms with Gasteiger partial charge in [-0.05, 0) is 5.56 Å². The minimum absolute atomic E-state index is 0.332. The summed E-state index contributed by atoms with van der Waals surface area (Å²) in [7, 11) is 1.72. The van der Waals surface area contributed by atoms with Crippen molar-refractivity contribution in [3.8, 4) is 0 Å². The predicted molar refractivity (Wildman–Crippen MR) is 57.8 cm³/mol. The Labute approximate surface area is 84.9 Å². The average Bonchev–Trinajstić information content (AvgIpc) is 2.26. The summed E-state index contributed by atoms with van der Waals surface area (Å²) < 4.78 is 0. The topological polar surface area (TPSA) is 20.3 Å². The van der Waals surface area contributed by atoms with Crippen LogP contribution in [-0.4, -0.2) is 18.4 Å². The highest BCUT2D eigenvalue weighted by atomic mass is 16.1. The van der Waals surface area contributed by atoms with Gasteiger partial charge in [-0.1, -0.05) is 43.3 Å². The van der Waals surface area contributed by atoms with Crippen LogP contribution in [0.3, 0.4) is 0 Å². The van der Waals surface area contributed by atoms with E-state index in [4.69, 9.17) is 0 Å². The van der Waals surface area contributed by atoms with Gasteiger partial charge in [-0.15, -0.1) is 0 Å². The maximum Gasteiger partial charge on any atom is 0.213 e. The fourth-order valence-corrected chi connectivity index (χ4v) is 1.17. The Kier molecular flexibility index (Phi) is 3.92. The Balaban J connectivity index is 2.63. The first-order valence-electron chi connectivity index (χ1n) is 4.64. The molecule has 0 N–H and O–H groups in total. The van der Waals surface area contributed by atoms with Crippen LogP contribution in [0.25, 0.3) is 0 Å². The number of nitrogens with zero attached hydrogens (tertiary/aromatic N) is 1. The van der Waals surface area contributed by atoms with E-state index in [1.165, 1.54) is 10.5 Å². The van der Waals surface area contributed by atoms with Crippen molar-refractivity contribution in [3.63, 3.8) is 0 Å². The van der Waals surface area contributed by atoms with Crippen LogP contribution < -0.4 is 0 Å². The second-order valence-electron chi connectivity index (χ2n) is 3.31. The molecule has 1 unspecified atom stereocenters. The van der Waals surface area contributed by atoms with Crippen LogP contribution in [0.5, 0.6) is 0 Å². The summed E-state index contributed by atoms with van der Waals surface area (Å²) in [5.74, 6) is 0.332. The molecule has 0 fully saturated rings. The molecule has 1 atom stereocenters. The maximum absolute atomic E-state index is 10.3. The smallest absolute Gasteiger partial charge is 0.213 e. The molecule has 0 aliphatic rings. The molecule has 74 valence electrons. The van der Waals surface area contributed by atoms with E-state index >= 15 is 0 Å². The van der Waals surface area contributed by atoms with E-state index in [1.807, 2.05) is 24.3 Å². The third-order valence-corrected chi connectivity index (χ3v) is 2.10. The molecule has 1 amide bonds. The SMILES string of the molecule is CC(/C=C/N(C)C=O)c1ccccc1. The molecule has 0 aliphatic heterocycles. The van der Waals surface area contributed by atoms with Gasteiger partial charge in [0, 0.05) is 19.2 Å². The third-order valence-electron chi connectivity index (χ3n) is 2.10. The fraction of sp³-hybridized carbons (Fsp3) is 0.250. The first-order chi connectivity index (χ1) is 6.74. The standard InChI is InChI=1S/C12H15NO/c1-11(8-9-13(2)10-14)12-6-4-3-5-7-12/h3-11H,1-2H3/b9-8+. The number of hydrogen-bond acceptors (Lipinski definition) is 1. The van der Waals surface area contributed by atoms with Crippen LogP contribution in [0.4, 0.5) is 0 Å². The number of hydrogen-bond donors (Lipinski definition) is 0. The molecule has 2 nitrogen and oxygen atoms in total. The van der Waals surface area contributed by atoms with E-state index in [0.717, 1.165) is 6.41 Å². The Bertz CT molecular complexity index is 305. The molecule has 0 radical (unpaired) electrons. The zero-order valence-corrected chi connectivity index (χ0v) is 8.55. The predicted octanol–water partition coefficient (Wildman–Crippen LogP) is 2.39. The molecular formula is C12H15NO. The second kappa shape index (κ2) is 5.22. The van der Waals surface area contributed by atoms with Crippen LogP contribution in [0.2, 0.25) is 0 Å². The summed E-state index contributed by atoms with van der Waals surface area (Å²) in [6.07, 6.45) is 4.57. The molecule has 1 aromatic rings. The summed E-state index contributed by atoms with van der Waals surface area (Å²) >= 11 is 0. The number of carbonyl (C=O) groups is 1. The summed E-state index contributed by atoms with van der Waals surface area (Å²) in [4.78, 5) is 11.8. The van der Waals surface area contributed by atoms with E-state index in [1.54, 1.807) is 13.2 Å². The van der Waals surface area contributed by atoms with Gasteiger partial charge in [0.15, 0.2) is 0 Å². The summed E-state index contributed by atoms with van der Waals surface area (Å²) in [6.45, 7) is 2.10. The molecule has 2 heteroatoms. The lowest BCUT2D eigenvalue weighted by atomic mass is 10.0. The molecule has 0 heterocycles.